The van der Waals surface area contributed by atoms with Crippen LogP contribution in [-0.4, -0.2) is 120 Å². The van der Waals surface area contributed by atoms with E-state index in [1.54, 1.807) is 21.0 Å². The molecule has 3 rings (SSSR count). The van der Waals surface area contributed by atoms with Crippen LogP contribution in [-0.2, 0) is 50.2 Å². The van der Waals surface area contributed by atoms with Crippen LogP contribution in [0.2, 0.25) is 0 Å². The fourth-order valence-corrected chi connectivity index (χ4v) is 8.34. The van der Waals surface area contributed by atoms with Crippen molar-refractivity contribution in [1.82, 2.24) is 4.90 Å². The Morgan fingerprint density at radius 2 is 1.64 bits per heavy atom. The van der Waals surface area contributed by atoms with Crippen LogP contribution < -0.4 is 0 Å². The van der Waals surface area contributed by atoms with Gasteiger partial charge in [-0.05, 0) is 0 Å². The van der Waals surface area contributed by atoms with E-state index < -0.39 is 59.7 Å². The van der Waals surface area contributed by atoms with E-state index in [1.165, 1.54) is 0 Å². The Balaban J connectivity index is 2.24. The van der Waals surface area contributed by atoms with Gasteiger partial charge in [0.25, 0.3) is 0 Å². The first kappa shape index (κ1) is 41.0. The molecule has 2 bridgehead atoms. The van der Waals surface area contributed by atoms with Crippen LogP contribution >= 0.6 is 0 Å². The molecule has 3 aliphatic rings. The number of aliphatic hydroxyl groups is 2. The number of carbonyl (C=O) groups excluding carboxylic acids is 1. The van der Waals surface area contributed by atoms with Gasteiger partial charge < -0.3 is 0 Å². The molecule has 0 aromatic rings. The van der Waals surface area contributed by atoms with Crippen molar-refractivity contribution in [2.24, 2.45) is 35.5 Å². The monoisotopic (exact) mass is 706 g/mol. The van der Waals surface area contributed by atoms with E-state index in [-0.39, 0.29) is 41.9 Å². The third kappa shape index (κ3) is 9.10. The summed E-state index contributed by atoms with van der Waals surface area (Å²) >= 11 is 2.72. The minimum atomic E-state index is -1.49. The summed E-state index contributed by atoms with van der Waals surface area (Å²) in [5, 5.41) is 24.1. The summed E-state index contributed by atoms with van der Waals surface area (Å²) < 4.78 is 40.3. The van der Waals surface area contributed by atoms with Gasteiger partial charge in [0.05, 0.1) is 0 Å². The van der Waals surface area contributed by atoms with E-state index in [0.717, 1.165) is 10.6 Å². The Hall–Kier alpha value is -0.396. The molecule has 2 N–H and O–H groups in total. The molecule has 0 amide bonds. The van der Waals surface area contributed by atoms with Crippen molar-refractivity contribution in [3.8, 4) is 0 Å². The summed E-state index contributed by atoms with van der Waals surface area (Å²) in [6.45, 7) is 20.7. The van der Waals surface area contributed by atoms with E-state index in [9.17, 15) is 15.0 Å². The fraction of sp³-hybridized carbons (Fsp3) is 0.944. The molecule has 3 heterocycles. The molecular weight excluding hydrogens is 641 g/mol. The van der Waals surface area contributed by atoms with E-state index in [1.807, 2.05) is 34.9 Å². The van der Waals surface area contributed by atoms with Crippen LogP contribution in [0.4, 0.5) is 0 Å². The first-order valence-corrected chi connectivity index (χ1v) is 18.4. The number of fused-ring (bicyclic) bond motifs is 5. The molecular formula is C36H65NO9V. The summed E-state index contributed by atoms with van der Waals surface area (Å²) in [4.78, 5) is 15.9. The number of carbonyl (C=O) groups is 1. The Morgan fingerprint density at radius 3 is 2.21 bits per heavy atom. The van der Waals surface area contributed by atoms with Crippen LogP contribution in [0.25, 0.3) is 0 Å². The van der Waals surface area contributed by atoms with Crippen LogP contribution in [0.3, 0.4) is 0 Å². The average Bonchev–Trinajstić information content (AvgIpc) is 3.01. The van der Waals surface area contributed by atoms with Gasteiger partial charge in [-0.15, -0.1) is 0 Å². The van der Waals surface area contributed by atoms with Crippen molar-refractivity contribution in [1.29, 1.82) is 0 Å². The second-order valence-corrected chi connectivity index (χ2v) is 16.5. The van der Waals surface area contributed by atoms with Gasteiger partial charge in [-0.3, -0.25) is 0 Å². The molecule has 3 aliphatic heterocycles. The number of hydrogen-bond acceptors (Lipinski definition) is 10. The van der Waals surface area contributed by atoms with Crippen molar-refractivity contribution >= 4 is 10.2 Å². The number of hydrogen-bond donors (Lipinski definition) is 2. The van der Waals surface area contributed by atoms with Gasteiger partial charge in [-0.2, -0.15) is 0 Å². The van der Waals surface area contributed by atoms with Gasteiger partial charge in [0.2, 0.25) is 0 Å². The second kappa shape index (κ2) is 16.7. The zero-order valence-corrected chi connectivity index (χ0v) is 32.7. The Kier molecular flexibility index (Phi) is 14.6. The van der Waals surface area contributed by atoms with E-state index in [0.29, 0.717) is 26.1 Å². The third-order valence-corrected chi connectivity index (χ3v) is 12.8. The molecule has 3 saturated heterocycles. The number of ether oxygens (including phenoxy) is 6. The number of methoxy groups -OCH3 is 1. The molecule has 3 fully saturated rings. The molecule has 11 heteroatoms. The van der Waals surface area contributed by atoms with Crippen molar-refractivity contribution in [3.63, 3.8) is 0 Å². The standard InChI is InChI=1S/C36H65NO9.V/c1-14-28-36(10,40)31-21(3)15-20(2)17-35(9,43-19-23(5)22(4)18-42-31)32(25(7)29(38)26(8)33(39)45-28)46-34-30(41-13)27(37(11)12)16-24(6)44-34;/h20-32,34,38,40H,14,16-19H2,1-13H3;/t20-,21-,22?,23?,24+,25-,26+,27-,28+,29-,30+,31+,32+,34-,35+,36+;/m0./s1. The first-order valence-electron chi connectivity index (χ1n) is 17.7. The van der Waals surface area contributed by atoms with E-state index >= 15 is 0 Å². The molecule has 0 aromatic carbocycles. The summed E-state index contributed by atoms with van der Waals surface area (Å²) in [5.41, 5.74) is -2.40. The summed E-state index contributed by atoms with van der Waals surface area (Å²) in [6.07, 6.45) is -2.77. The zero-order chi connectivity index (χ0) is 35.6. The van der Waals surface area contributed by atoms with Crippen LogP contribution in [0, 0.1) is 35.5 Å². The van der Waals surface area contributed by atoms with Crippen molar-refractivity contribution < 1.29 is 60.4 Å². The Morgan fingerprint density at radius 1 is 1.02 bits per heavy atom. The molecule has 0 saturated carbocycles. The maximum atomic E-state index is 13.7. The van der Waals surface area contributed by atoms with Crippen molar-refractivity contribution in [2.45, 2.75) is 149 Å². The molecule has 273 valence electrons. The minimum absolute atomic E-state index is 0.00133. The van der Waals surface area contributed by atoms with Gasteiger partial charge in [-0.25, -0.2) is 0 Å². The second-order valence-electron chi connectivity index (χ2n) is 15.7. The topological polar surface area (TPSA) is 116 Å². The summed E-state index contributed by atoms with van der Waals surface area (Å²) in [5.74, 6) is -2.02. The Labute approximate surface area is 293 Å². The number of rotatable bonds is 5. The average molecular weight is 707 g/mol. The fourth-order valence-electron chi connectivity index (χ4n) is 7.99. The normalized spacial score (nSPS) is 48.1. The van der Waals surface area contributed by atoms with Gasteiger partial charge in [0.1, 0.15) is 0 Å². The van der Waals surface area contributed by atoms with Gasteiger partial charge >= 0.3 is 294 Å². The molecule has 16 atom stereocenters. The summed E-state index contributed by atoms with van der Waals surface area (Å²) in [7, 11) is 5.74. The van der Waals surface area contributed by atoms with Crippen molar-refractivity contribution in [3.05, 3.63) is 0 Å². The summed E-state index contributed by atoms with van der Waals surface area (Å²) in [6, 6.07) is 0.0515. The maximum absolute atomic E-state index is 13.7. The van der Waals surface area contributed by atoms with Crippen molar-refractivity contribution in [2.75, 3.05) is 34.4 Å². The SMILES string of the molecule is CC[C@H]1OC(=O)[C@H](C)[C@@H](O)[C@H](C)[C@@H](O[C@@H]2O[C@H](C)C[C@H](N(C)C)[C@H]2OC)[C@@]2(C)C[C@@H](C)[C](=[V])[C@H](C)[C@@H](OCC(C)C(C)CO2)[C@]1(C)O. The quantitative estimate of drug-likeness (QED) is 0.407. The van der Waals surface area contributed by atoms with Gasteiger partial charge in [0, 0.05) is 0 Å². The predicted molar refractivity (Wildman–Crippen MR) is 178 cm³/mol. The molecule has 10 nitrogen and oxygen atoms in total. The third-order valence-electron chi connectivity index (χ3n) is 11.5. The predicted octanol–water partition coefficient (Wildman–Crippen LogP) is 4.00. The zero-order valence-electron chi connectivity index (χ0n) is 31.3. The number of cyclic esters (lactones) is 1. The van der Waals surface area contributed by atoms with Gasteiger partial charge in [0.15, 0.2) is 0 Å². The number of esters is 1. The molecule has 0 radical (unpaired) electrons. The van der Waals surface area contributed by atoms with Crippen LogP contribution in [0.5, 0.6) is 0 Å². The molecule has 0 aromatic heterocycles. The number of aliphatic hydroxyl groups excluding tert-OH is 1. The molecule has 2 unspecified atom stereocenters. The first-order chi connectivity index (χ1) is 21.8. The molecule has 47 heavy (non-hydrogen) atoms. The van der Waals surface area contributed by atoms with E-state index in [2.05, 4.69) is 56.5 Å². The number of nitrogens with zero attached hydrogens (tertiary/aromatic N) is 1. The van der Waals surface area contributed by atoms with Gasteiger partial charge in [-0.1, -0.05) is 0 Å². The number of likely N-dealkylation sites (N-methyl/N-ethyl adjacent to an activating group) is 1. The Bertz CT molecular complexity index is 1040. The molecule has 0 spiro atoms. The molecule has 0 aliphatic carbocycles. The van der Waals surface area contributed by atoms with E-state index in [4.69, 9.17) is 28.4 Å². The van der Waals surface area contributed by atoms with Crippen LogP contribution in [0.15, 0.2) is 0 Å². The van der Waals surface area contributed by atoms with Crippen LogP contribution in [0.1, 0.15) is 88.5 Å².